The predicted octanol–water partition coefficient (Wildman–Crippen LogP) is -1.93. The summed E-state index contributed by atoms with van der Waals surface area (Å²) >= 11 is 0. The molecule has 11 heavy (non-hydrogen) atoms. The summed E-state index contributed by atoms with van der Waals surface area (Å²) in [5, 5.41) is 27.2. The third kappa shape index (κ3) is 1.69. The van der Waals surface area contributed by atoms with Crippen LogP contribution in [0.5, 0.6) is 0 Å². The van der Waals surface area contributed by atoms with E-state index in [0.29, 0.717) is 0 Å². The van der Waals surface area contributed by atoms with Crippen molar-refractivity contribution in [1.29, 1.82) is 0 Å². The van der Waals surface area contributed by atoms with Crippen molar-refractivity contribution in [1.82, 2.24) is 0 Å². The van der Waals surface area contributed by atoms with Crippen LogP contribution >= 0.6 is 0 Å². The van der Waals surface area contributed by atoms with Crippen molar-refractivity contribution < 1.29 is 24.8 Å². The fraction of sp³-hybridized carbons (Fsp3) is 1.00. The van der Waals surface area contributed by atoms with E-state index in [1.54, 1.807) is 0 Å². The number of aliphatic hydroxyl groups is 3. The second kappa shape index (κ2) is 3.46. The molecule has 1 fully saturated rings. The van der Waals surface area contributed by atoms with Crippen LogP contribution in [0.15, 0.2) is 0 Å². The number of ether oxygens (including phenoxy) is 2. The Kier molecular flexibility index (Phi) is 2.80. The molecule has 0 aromatic heterocycles. The Morgan fingerprint density at radius 3 is 2.45 bits per heavy atom. The molecule has 0 aliphatic carbocycles. The molecule has 0 aromatic rings. The van der Waals surface area contributed by atoms with Gasteiger partial charge in [-0.1, -0.05) is 0 Å². The Bertz CT molecular complexity index is 128. The van der Waals surface area contributed by atoms with Crippen LogP contribution in [0.25, 0.3) is 0 Å². The highest BCUT2D eigenvalue weighted by Crippen LogP contribution is 2.15. The molecule has 1 aliphatic heterocycles. The smallest absolute Gasteiger partial charge is 0.183 e. The van der Waals surface area contributed by atoms with Crippen molar-refractivity contribution in [3.8, 4) is 0 Å². The fourth-order valence-electron chi connectivity index (χ4n) is 1.08. The second-order valence-corrected chi connectivity index (χ2v) is 2.48. The molecular weight excluding hydrogens is 152 g/mol. The number of aliphatic hydroxyl groups excluding tert-OH is 3. The minimum Gasteiger partial charge on any atom is -0.388 e. The molecule has 0 aromatic carbocycles. The fourth-order valence-corrected chi connectivity index (χ4v) is 1.08. The lowest BCUT2D eigenvalue weighted by molar-refractivity contribution is -0.257. The van der Waals surface area contributed by atoms with Gasteiger partial charge in [0.2, 0.25) is 0 Å². The zero-order chi connectivity index (χ0) is 8.43. The molecule has 0 saturated carbocycles. The molecule has 1 unspecified atom stereocenters. The molecule has 1 aliphatic rings. The minimum absolute atomic E-state index is 0.0171. The first kappa shape index (κ1) is 8.89. The van der Waals surface area contributed by atoms with Crippen LogP contribution < -0.4 is 0 Å². The Hall–Kier alpha value is -0.200. The zero-order valence-corrected chi connectivity index (χ0v) is 6.17. The van der Waals surface area contributed by atoms with Gasteiger partial charge in [-0.05, 0) is 0 Å². The summed E-state index contributed by atoms with van der Waals surface area (Å²) in [6.45, 7) is -0.0171. The standard InChI is InChI=1S/C6H12O5/c1-10-5-3(7)2-11-6(9)4(5)8/h3-9H,2H2,1H3/t3-,4-,5+,6?/m0/s1. The average molecular weight is 164 g/mol. The van der Waals surface area contributed by atoms with Crippen LogP contribution in [-0.2, 0) is 9.47 Å². The van der Waals surface area contributed by atoms with Gasteiger partial charge in [-0.3, -0.25) is 0 Å². The number of hydrogen-bond donors (Lipinski definition) is 3. The first-order valence-corrected chi connectivity index (χ1v) is 3.35. The zero-order valence-electron chi connectivity index (χ0n) is 6.17. The van der Waals surface area contributed by atoms with Crippen LogP contribution in [0.2, 0.25) is 0 Å². The van der Waals surface area contributed by atoms with Crippen molar-refractivity contribution in [3.63, 3.8) is 0 Å². The molecule has 5 nitrogen and oxygen atoms in total. The quantitative estimate of drug-likeness (QED) is 0.420. The van der Waals surface area contributed by atoms with E-state index in [4.69, 9.17) is 20.1 Å². The van der Waals surface area contributed by atoms with E-state index < -0.39 is 24.6 Å². The summed E-state index contributed by atoms with van der Waals surface area (Å²) in [7, 11) is 1.36. The monoisotopic (exact) mass is 164 g/mol. The maximum atomic E-state index is 9.15. The third-order valence-corrected chi connectivity index (χ3v) is 1.72. The predicted molar refractivity (Wildman–Crippen MR) is 34.8 cm³/mol. The van der Waals surface area contributed by atoms with Gasteiger partial charge in [-0.2, -0.15) is 0 Å². The molecule has 1 rings (SSSR count). The van der Waals surface area contributed by atoms with Crippen molar-refractivity contribution in [2.45, 2.75) is 24.6 Å². The van der Waals surface area contributed by atoms with E-state index in [1.807, 2.05) is 0 Å². The Morgan fingerprint density at radius 1 is 1.36 bits per heavy atom. The molecular formula is C6H12O5. The maximum Gasteiger partial charge on any atom is 0.183 e. The van der Waals surface area contributed by atoms with Crippen LogP contribution in [0, 0.1) is 0 Å². The molecule has 1 saturated heterocycles. The highest BCUT2D eigenvalue weighted by atomic mass is 16.6. The molecule has 3 N–H and O–H groups in total. The van der Waals surface area contributed by atoms with E-state index in [-0.39, 0.29) is 6.61 Å². The van der Waals surface area contributed by atoms with Gasteiger partial charge in [-0.15, -0.1) is 0 Å². The summed E-state index contributed by atoms with van der Waals surface area (Å²) in [6, 6.07) is 0. The molecule has 0 radical (unpaired) electrons. The summed E-state index contributed by atoms with van der Waals surface area (Å²) in [5.41, 5.74) is 0. The van der Waals surface area contributed by atoms with Crippen LogP contribution in [-0.4, -0.2) is 53.6 Å². The van der Waals surface area contributed by atoms with Gasteiger partial charge < -0.3 is 24.8 Å². The summed E-state index contributed by atoms with van der Waals surface area (Å²) in [6.07, 6.45) is -4.08. The van der Waals surface area contributed by atoms with Crippen molar-refractivity contribution in [2.75, 3.05) is 13.7 Å². The minimum atomic E-state index is -1.26. The largest absolute Gasteiger partial charge is 0.388 e. The number of hydrogen-bond acceptors (Lipinski definition) is 5. The summed E-state index contributed by atoms with van der Waals surface area (Å²) in [5.74, 6) is 0. The molecule has 0 amide bonds. The van der Waals surface area contributed by atoms with Gasteiger partial charge in [0.1, 0.15) is 18.3 Å². The Labute approximate surface area is 64.2 Å². The molecule has 0 spiro atoms. The molecule has 0 bridgehead atoms. The number of rotatable bonds is 1. The topological polar surface area (TPSA) is 79.2 Å². The lowest BCUT2D eigenvalue weighted by Gasteiger charge is -2.34. The first-order chi connectivity index (χ1) is 5.16. The summed E-state index contributed by atoms with van der Waals surface area (Å²) < 4.78 is 9.36. The highest BCUT2D eigenvalue weighted by molar-refractivity contribution is 4.82. The van der Waals surface area contributed by atoms with Crippen molar-refractivity contribution in [2.24, 2.45) is 0 Å². The van der Waals surface area contributed by atoms with Gasteiger partial charge in [0.25, 0.3) is 0 Å². The lowest BCUT2D eigenvalue weighted by Crippen LogP contribution is -2.53. The van der Waals surface area contributed by atoms with Crippen molar-refractivity contribution in [3.05, 3.63) is 0 Å². The lowest BCUT2D eigenvalue weighted by atomic mass is 10.1. The van der Waals surface area contributed by atoms with Gasteiger partial charge in [-0.25, -0.2) is 0 Å². The normalized spacial score (nSPS) is 45.8. The average Bonchev–Trinajstić information content (AvgIpc) is 1.99. The van der Waals surface area contributed by atoms with Gasteiger partial charge >= 0.3 is 0 Å². The Balaban J connectivity index is 2.55. The summed E-state index contributed by atoms with van der Waals surface area (Å²) in [4.78, 5) is 0. The number of methoxy groups -OCH3 is 1. The molecule has 1 heterocycles. The van der Waals surface area contributed by atoms with E-state index in [9.17, 15) is 0 Å². The SMILES string of the molecule is CO[C@H]1[C@H](O)C(O)OC[C@@H]1O. The Morgan fingerprint density at radius 2 is 2.00 bits per heavy atom. The van der Waals surface area contributed by atoms with Crippen LogP contribution in [0.3, 0.4) is 0 Å². The van der Waals surface area contributed by atoms with Crippen LogP contribution in [0.1, 0.15) is 0 Å². The van der Waals surface area contributed by atoms with E-state index in [2.05, 4.69) is 4.74 Å². The van der Waals surface area contributed by atoms with Crippen molar-refractivity contribution >= 4 is 0 Å². The second-order valence-electron chi connectivity index (χ2n) is 2.48. The third-order valence-electron chi connectivity index (χ3n) is 1.72. The van der Waals surface area contributed by atoms with E-state index >= 15 is 0 Å². The first-order valence-electron chi connectivity index (χ1n) is 3.35. The molecule has 66 valence electrons. The van der Waals surface area contributed by atoms with Crippen LogP contribution in [0.4, 0.5) is 0 Å². The van der Waals surface area contributed by atoms with Gasteiger partial charge in [0.05, 0.1) is 6.61 Å². The van der Waals surface area contributed by atoms with Gasteiger partial charge in [0.15, 0.2) is 6.29 Å². The highest BCUT2D eigenvalue weighted by Gasteiger charge is 2.37. The van der Waals surface area contributed by atoms with Gasteiger partial charge in [0, 0.05) is 7.11 Å². The van der Waals surface area contributed by atoms with E-state index in [1.165, 1.54) is 7.11 Å². The van der Waals surface area contributed by atoms with E-state index in [0.717, 1.165) is 0 Å². The maximum absolute atomic E-state index is 9.15. The molecule has 5 heteroatoms. The molecule has 4 atom stereocenters.